The van der Waals surface area contributed by atoms with Crippen molar-refractivity contribution < 1.29 is 9.53 Å². The summed E-state index contributed by atoms with van der Waals surface area (Å²) < 4.78 is 7.83. The van der Waals surface area contributed by atoms with Crippen molar-refractivity contribution in [2.24, 2.45) is 11.1 Å². The quantitative estimate of drug-likeness (QED) is 0.875. The van der Waals surface area contributed by atoms with Crippen molar-refractivity contribution >= 4 is 23.0 Å². The van der Waals surface area contributed by atoms with Crippen LogP contribution in [0.25, 0.3) is 5.52 Å². The van der Waals surface area contributed by atoms with Gasteiger partial charge in [0, 0.05) is 11.0 Å². The molecule has 0 radical (unpaired) electrons. The number of fused-ring (bicyclic) bond motifs is 2. The number of amides is 1. The monoisotopic (exact) mass is 318 g/mol. The molecule has 6 nitrogen and oxygen atoms in total. The first-order valence-corrected chi connectivity index (χ1v) is 7.49. The molecule has 3 aliphatic carbocycles. The van der Waals surface area contributed by atoms with E-state index in [1.54, 1.807) is 16.9 Å². The van der Waals surface area contributed by atoms with Crippen molar-refractivity contribution in [3.8, 4) is 5.88 Å². The first-order chi connectivity index (χ1) is 10.4. The number of primary amides is 1. The molecular formula is C15H15ClN4O2. The predicted octanol–water partition coefficient (Wildman–Crippen LogP) is 2.12. The van der Waals surface area contributed by atoms with Gasteiger partial charge in [-0.15, -0.1) is 0 Å². The fraction of sp³-hybridized carbons (Fsp3) is 0.400. The number of carbonyl (C=O) groups excluding carboxylic acids is 1. The van der Waals surface area contributed by atoms with Crippen LogP contribution in [-0.4, -0.2) is 26.1 Å². The Morgan fingerprint density at radius 2 is 2.23 bits per heavy atom. The molecule has 3 fully saturated rings. The van der Waals surface area contributed by atoms with Crippen LogP contribution in [0.3, 0.4) is 0 Å². The maximum Gasteiger partial charge on any atom is 0.244 e. The Labute approximate surface area is 131 Å². The van der Waals surface area contributed by atoms with E-state index < -0.39 is 5.91 Å². The van der Waals surface area contributed by atoms with Crippen molar-refractivity contribution in [3.63, 3.8) is 0 Å². The van der Waals surface area contributed by atoms with Crippen molar-refractivity contribution in [3.05, 3.63) is 35.8 Å². The lowest BCUT2D eigenvalue weighted by molar-refractivity contribution is -0.117. The van der Waals surface area contributed by atoms with Crippen molar-refractivity contribution in [2.75, 3.05) is 0 Å². The Morgan fingerprint density at radius 1 is 1.45 bits per heavy atom. The molecule has 3 aliphatic rings. The van der Waals surface area contributed by atoms with E-state index in [0.29, 0.717) is 16.6 Å². The number of aromatic nitrogens is 3. The summed E-state index contributed by atoms with van der Waals surface area (Å²) in [7, 11) is 0. The second-order valence-corrected chi connectivity index (χ2v) is 6.68. The summed E-state index contributed by atoms with van der Waals surface area (Å²) in [6.07, 6.45) is 6.52. The van der Waals surface area contributed by atoms with Crippen LogP contribution >= 0.6 is 11.6 Å². The van der Waals surface area contributed by atoms with E-state index in [2.05, 4.69) is 16.7 Å². The van der Waals surface area contributed by atoms with Crippen LogP contribution in [0.1, 0.15) is 25.7 Å². The summed E-state index contributed by atoms with van der Waals surface area (Å²) in [6, 6.07) is 1.83. The standard InChI is InChI=1S/C15H15ClN4O2/c1-9(12(17)21)14-3-4-15(7-14,8-14)22-13-10-2-5-18-20(10)6-11(16)19-13/h2,5-6H,1,3-4,7-8H2,(H2,17,21). The zero-order valence-electron chi connectivity index (χ0n) is 11.9. The molecule has 2 aromatic heterocycles. The zero-order chi connectivity index (χ0) is 15.5. The minimum Gasteiger partial charge on any atom is -0.469 e. The lowest BCUT2D eigenvalue weighted by atomic mass is 9.63. The van der Waals surface area contributed by atoms with Gasteiger partial charge in [-0.3, -0.25) is 4.79 Å². The second kappa shape index (κ2) is 4.23. The Balaban J connectivity index is 1.62. The van der Waals surface area contributed by atoms with E-state index in [0.717, 1.165) is 31.2 Å². The number of ether oxygens (including phenoxy) is 1. The number of halogens is 1. The van der Waals surface area contributed by atoms with Gasteiger partial charge in [0.15, 0.2) is 5.15 Å². The molecule has 2 heterocycles. The van der Waals surface area contributed by atoms with Gasteiger partial charge in [0.05, 0.1) is 12.4 Å². The Hall–Kier alpha value is -2.08. The minimum absolute atomic E-state index is 0.194. The van der Waals surface area contributed by atoms with Gasteiger partial charge in [-0.05, 0) is 31.7 Å². The Morgan fingerprint density at radius 3 is 2.95 bits per heavy atom. The van der Waals surface area contributed by atoms with E-state index >= 15 is 0 Å². The fourth-order valence-corrected chi connectivity index (χ4v) is 4.07. The molecule has 0 aromatic carbocycles. The van der Waals surface area contributed by atoms with E-state index in [1.807, 2.05) is 6.07 Å². The summed E-state index contributed by atoms with van der Waals surface area (Å²) in [4.78, 5) is 15.7. The molecule has 2 aromatic rings. The normalized spacial score (nSPS) is 29.3. The first-order valence-electron chi connectivity index (χ1n) is 7.11. The van der Waals surface area contributed by atoms with Gasteiger partial charge in [0.25, 0.3) is 0 Å². The number of carbonyl (C=O) groups is 1. The fourth-order valence-electron chi connectivity index (χ4n) is 3.90. The molecule has 2 N–H and O–H groups in total. The molecule has 22 heavy (non-hydrogen) atoms. The van der Waals surface area contributed by atoms with E-state index in [1.165, 1.54) is 0 Å². The highest BCUT2D eigenvalue weighted by atomic mass is 35.5. The molecule has 0 atom stereocenters. The molecule has 0 aliphatic heterocycles. The van der Waals surface area contributed by atoms with Gasteiger partial charge in [-0.1, -0.05) is 18.2 Å². The molecule has 0 saturated heterocycles. The summed E-state index contributed by atoms with van der Waals surface area (Å²) in [5.41, 5.74) is 6.17. The lowest BCUT2D eigenvalue weighted by Crippen LogP contribution is -2.50. The SMILES string of the molecule is C=C(C(N)=O)C12CCC(Oc3nc(Cl)cn4nccc34)(C1)C2. The van der Waals surface area contributed by atoms with Gasteiger partial charge >= 0.3 is 0 Å². The highest BCUT2D eigenvalue weighted by molar-refractivity contribution is 6.29. The van der Waals surface area contributed by atoms with Gasteiger partial charge in [-0.25, -0.2) is 4.52 Å². The molecule has 2 bridgehead atoms. The molecule has 7 heteroatoms. The van der Waals surface area contributed by atoms with E-state index in [4.69, 9.17) is 22.1 Å². The predicted molar refractivity (Wildman–Crippen MR) is 80.6 cm³/mol. The van der Waals surface area contributed by atoms with Gasteiger partial charge < -0.3 is 10.5 Å². The summed E-state index contributed by atoms with van der Waals surface area (Å²) in [5, 5.41) is 4.48. The third-order valence-corrected chi connectivity index (χ3v) is 5.14. The first kappa shape index (κ1) is 13.6. The highest BCUT2D eigenvalue weighted by Crippen LogP contribution is 2.65. The highest BCUT2D eigenvalue weighted by Gasteiger charge is 2.64. The third-order valence-electron chi connectivity index (χ3n) is 4.96. The maximum atomic E-state index is 11.4. The Kier molecular flexibility index (Phi) is 2.61. The van der Waals surface area contributed by atoms with Gasteiger partial charge in [-0.2, -0.15) is 10.1 Å². The number of nitrogens with zero attached hydrogens (tertiary/aromatic N) is 3. The summed E-state index contributed by atoms with van der Waals surface area (Å²) >= 11 is 6.02. The molecule has 0 unspecified atom stereocenters. The topological polar surface area (TPSA) is 82.5 Å². The average molecular weight is 319 g/mol. The lowest BCUT2D eigenvalue weighted by Gasteiger charge is -2.47. The zero-order valence-corrected chi connectivity index (χ0v) is 12.6. The van der Waals surface area contributed by atoms with Crippen LogP contribution in [0.4, 0.5) is 0 Å². The summed E-state index contributed by atoms with van der Waals surface area (Å²) in [6.45, 7) is 3.86. The van der Waals surface area contributed by atoms with Crippen molar-refractivity contribution in [1.29, 1.82) is 0 Å². The number of rotatable bonds is 4. The molecular weight excluding hydrogens is 304 g/mol. The molecule has 5 rings (SSSR count). The van der Waals surface area contributed by atoms with E-state index in [-0.39, 0.29) is 11.0 Å². The smallest absolute Gasteiger partial charge is 0.244 e. The third kappa shape index (κ3) is 1.76. The van der Waals surface area contributed by atoms with Crippen LogP contribution in [0.2, 0.25) is 5.15 Å². The Bertz CT molecular complexity index is 807. The van der Waals surface area contributed by atoms with Crippen LogP contribution in [0, 0.1) is 5.41 Å². The van der Waals surface area contributed by atoms with Gasteiger partial charge in [0.1, 0.15) is 11.1 Å². The molecule has 114 valence electrons. The molecule has 0 spiro atoms. The van der Waals surface area contributed by atoms with Crippen LogP contribution in [0.15, 0.2) is 30.6 Å². The number of hydrogen-bond acceptors (Lipinski definition) is 4. The van der Waals surface area contributed by atoms with Crippen LogP contribution in [0.5, 0.6) is 5.88 Å². The number of hydrogen-bond donors (Lipinski definition) is 1. The average Bonchev–Trinajstić information content (AvgIpc) is 3.09. The second-order valence-electron chi connectivity index (χ2n) is 6.29. The molecule has 3 saturated carbocycles. The van der Waals surface area contributed by atoms with Crippen molar-refractivity contribution in [2.45, 2.75) is 31.3 Å². The van der Waals surface area contributed by atoms with Gasteiger partial charge in [0.2, 0.25) is 11.8 Å². The largest absolute Gasteiger partial charge is 0.469 e. The summed E-state index contributed by atoms with van der Waals surface area (Å²) in [5.74, 6) is 0.0553. The van der Waals surface area contributed by atoms with Crippen molar-refractivity contribution in [1.82, 2.24) is 14.6 Å². The minimum atomic E-state index is -0.422. The molecule has 1 amide bonds. The number of nitrogens with two attached hydrogens (primary N) is 1. The van der Waals surface area contributed by atoms with Crippen LogP contribution < -0.4 is 10.5 Å². The van der Waals surface area contributed by atoms with E-state index in [9.17, 15) is 4.79 Å². The maximum absolute atomic E-state index is 11.4. The van der Waals surface area contributed by atoms with Crippen LogP contribution in [-0.2, 0) is 4.79 Å².